The molecule has 0 aromatic heterocycles. The predicted molar refractivity (Wildman–Crippen MR) is 66.9 cm³/mol. The van der Waals surface area contributed by atoms with Gasteiger partial charge in [-0.15, -0.1) is 0 Å². The van der Waals surface area contributed by atoms with Gasteiger partial charge >= 0.3 is 0 Å². The van der Waals surface area contributed by atoms with Gasteiger partial charge in [-0.2, -0.15) is 12.6 Å². The molecule has 0 heterocycles. The molecule has 0 unspecified atom stereocenters. The standard InChI is InChI=1S/C12H25NS/c1-3-4-5-11-6-8-12(9-7-11)13(2)10-14/h11-12,14H,3-10H2,1-2H3/t11-,12-. The normalized spacial score (nSPS) is 28.3. The molecule has 1 fully saturated rings. The van der Waals surface area contributed by atoms with Crippen LogP contribution in [0.3, 0.4) is 0 Å². The molecule has 0 aromatic carbocycles. The molecular weight excluding hydrogens is 190 g/mol. The molecule has 1 rings (SSSR count). The molecule has 2 heteroatoms. The summed E-state index contributed by atoms with van der Waals surface area (Å²) < 4.78 is 0. The first-order valence-electron chi connectivity index (χ1n) is 6.09. The lowest BCUT2D eigenvalue weighted by atomic mass is 9.83. The molecule has 84 valence electrons. The van der Waals surface area contributed by atoms with Gasteiger partial charge in [-0.25, -0.2) is 0 Å². The fourth-order valence-electron chi connectivity index (χ4n) is 2.48. The van der Waals surface area contributed by atoms with E-state index in [-0.39, 0.29) is 0 Å². The molecule has 1 saturated carbocycles. The Balaban J connectivity index is 2.17. The Kier molecular flexibility index (Phi) is 5.95. The summed E-state index contributed by atoms with van der Waals surface area (Å²) in [7, 11) is 2.20. The monoisotopic (exact) mass is 215 g/mol. The first-order valence-corrected chi connectivity index (χ1v) is 6.72. The summed E-state index contributed by atoms with van der Waals surface area (Å²) in [4.78, 5) is 2.39. The van der Waals surface area contributed by atoms with Gasteiger partial charge < -0.3 is 0 Å². The van der Waals surface area contributed by atoms with Crippen molar-refractivity contribution in [1.82, 2.24) is 4.90 Å². The maximum absolute atomic E-state index is 4.33. The summed E-state index contributed by atoms with van der Waals surface area (Å²) >= 11 is 4.33. The van der Waals surface area contributed by atoms with E-state index in [0.717, 1.165) is 17.8 Å². The van der Waals surface area contributed by atoms with E-state index >= 15 is 0 Å². The highest BCUT2D eigenvalue weighted by molar-refractivity contribution is 7.80. The minimum absolute atomic E-state index is 0.811. The molecule has 14 heavy (non-hydrogen) atoms. The van der Waals surface area contributed by atoms with E-state index < -0.39 is 0 Å². The second-order valence-electron chi connectivity index (χ2n) is 4.72. The van der Waals surface area contributed by atoms with Gasteiger partial charge in [-0.05, 0) is 38.6 Å². The van der Waals surface area contributed by atoms with E-state index in [1.54, 1.807) is 0 Å². The van der Waals surface area contributed by atoms with Crippen molar-refractivity contribution in [1.29, 1.82) is 0 Å². The number of thiol groups is 1. The molecule has 0 atom stereocenters. The van der Waals surface area contributed by atoms with E-state index in [1.807, 2.05) is 0 Å². The Morgan fingerprint density at radius 1 is 1.21 bits per heavy atom. The van der Waals surface area contributed by atoms with Crippen LogP contribution >= 0.6 is 12.6 Å². The lowest BCUT2D eigenvalue weighted by molar-refractivity contribution is 0.182. The van der Waals surface area contributed by atoms with Crippen molar-refractivity contribution < 1.29 is 0 Å². The lowest BCUT2D eigenvalue weighted by Crippen LogP contribution is -2.34. The van der Waals surface area contributed by atoms with Gasteiger partial charge in [0, 0.05) is 11.9 Å². The number of rotatable bonds is 5. The van der Waals surface area contributed by atoms with Crippen molar-refractivity contribution in [3.8, 4) is 0 Å². The zero-order valence-electron chi connectivity index (χ0n) is 9.71. The van der Waals surface area contributed by atoms with E-state index in [1.165, 1.54) is 44.9 Å². The summed E-state index contributed by atoms with van der Waals surface area (Å²) in [5.41, 5.74) is 0. The Morgan fingerprint density at radius 2 is 1.86 bits per heavy atom. The van der Waals surface area contributed by atoms with Gasteiger partial charge in [0.1, 0.15) is 0 Å². The highest BCUT2D eigenvalue weighted by Crippen LogP contribution is 2.30. The highest BCUT2D eigenvalue weighted by atomic mass is 32.1. The fourth-order valence-corrected chi connectivity index (χ4v) is 2.71. The summed E-state index contributed by atoms with van der Waals surface area (Å²) in [6, 6.07) is 0.811. The van der Waals surface area contributed by atoms with Gasteiger partial charge in [0.15, 0.2) is 0 Å². The quantitative estimate of drug-likeness (QED) is 0.542. The lowest BCUT2D eigenvalue weighted by Gasteiger charge is -2.33. The molecule has 0 radical (unpaired) electrons. The second-order valence-corrected chi connectivity index (χ2v) is 5.00. The first kappa shape index (κ1) is 12.4. The number of hydrogen-bond acceptors (Lipinski definition) is 2. The third-order valence-electron chi connectivity index (χ3n) is 3.63. The van der Waals surface area contributed by atoms with Crippen LogP contribution in [0.15, 0.2) is 0 Å². The van der Waals surface area contributed by atoms with Crippen LogP contribution in [0.4, 0.5) is 0 Å². The van der Waals surface area contributed by atoms with Crippen LogP contribution in [-0.2, 0) is 0 Å². The SMILES string of the molecule is CCCC[C@H]1CC[C@H](N(C)CS)CC1. The molecule has 0 aliphatic heterocycles. The molecule has 0 N–H and O–H groups in total. The molecular formula is C12H25NS. The molecule has 1 aliphatic rings. The van der Waals surface area contributed by atoms with E-state index in [0.29, 0.717) is 0 Å². The predicted octanol–water partition coefficient (Wildman–Crippen LogP) is 3.55. The van der Waals surface area contributed by atoms with Crippen molar-refractivity contribution >= 4 is 12.6 Å². The van der Waals surface area contributed by atoms with Gasteiger partial charge in [0.2, 0.25) is 0 Å². The highest BCUT2D eigenvalue weighted by Gasteiger charge is 2.22. The second kappa shape index (κ2) is 6.73. The van der Waals surface area contributed by atoms with Crippen LogP contribution < -0.4 is 0 Å². The Morgan fingerprint density at radius 3 is 2.36 bits per heavy atom. The van der Waals surface area contributed by atoms with Crippen LogP contribution in [0.2, 0.25) is 0 Å². The minimum Gasteiger partial charge on any atom is -0.294 e. The Hall–Kier alpha value is 0.310. The summed E-state index contributed by atoms with van der Waals surface area (Å²) in [5.74, 6) is 1.93. The van der Waals surface area contributed by atoms with Gasteiger partial charge in [-0.3, -0.25) is 4.90 Å². The molecule has 1 aliphatic carbocycles. The van der Waals surface area contributed by atoms with Crippen molar-refractivity contribution in [3.05, 3.63) is 0 Å². The van der Waals surface area contributed by atoms with Crippen LogP contribution in [0.25, 0.3) is 0 Å². The first-order chi connectivity index (χ1) is 6.77. The molecule has 0 saturated heterocycles. The topological polar surface area (TPSA) is 3.24 Å². The van der Waals surface area contributed by atoms with Crippen molar-refractivity contribution in [3.63, 3.8) is 0 Å². The summed E-state index contributed by atoms with van der Waals surface area (Å²) in [5, 5.41) is 0. The van der Waals surface area contributed by atoms with Crippen LogP contribution in [0, 0.1) is 5.92 Å². The van der Waals surface area contributed by atoms with E-state index in [4.69, 9.17) is 0 Å². The average Bonchev–Trinajstić information content (AvgIpc) is 2.26. The van der Waals surface area contributed by atoms with Crippen LogP contribution in [-0.4, -0.2) is 23.9 Å². The van der Waals surface area contributed by atoms with Gasteiger partial charge in [-0.1, -0.05) is 26.2 Å². The van der Waals surface area contributed by atoms with E-state index in [2.05, 4.69) is 31.5 Å². The van der Waals surface area contributed by atoms with Crippen molar-refractivity contribution in [2.24, 2.45) is 5.92 Å². The average molecular weight is 215 g/mol. The van der Waals surface area contributed by atoms with E-state index in [9.17, 15) is 0 Å². The number of nitrogens with zero attached hydrogens (tertiary/aromatic N) is 1. The summed E-state index contributed by atoms with van der Waals surface area (Å²) in [6.07, 6.45) is 9.93. The van der Waals surface area contributed by atoms with Crippen molar-refractivity contribution in [2.45, 2.75) is 57.9 Å². The van der Waals surface area contributed by atoms with Gasteiger partial charge in [0.25, 0.3) is 0 Å². The fraction of sp³-hybridized carbons (Fsp3) is 1.00. The third-order valence-corrected chi connectivity index (χ3v) is 4.07. The van der Waals surface area contributed by atoms with Gasteiger partial charge in [0.05, 0.1) is 0 Å². The minimum atomic E-state index is 0.811. The van der Waals surface area contributed by atoms with Crippen LogP contribution in [0.5, 0.6) is 0 Å². The molecule has 0 bridgehead atoms. The molecule has 0 aromatic rings. The largest absolute Gasteiger partial charge is 0.294 e. The number of unbranched alkanes of at least 4 members (excludes halogenated alkanes) is 1. The Labute approximate surface area is 94.7 Å². The summed E-state index contributed by atoms with van der Waals surface area (Å²) in [6.45, 7) is 2.29. The Bertz CT molecular complexity index is 141. The number of hydrogen-bond donors (Lipinski definition) is 1. The molecule has 0 spiro atoms. The van der Waals surface area contributed by atoms with Crippen LogP contribution in [0.1, 0.15) is 51.9 Å². The molecule has 1 nitrogen and oxygen atoms in total. The zero-order chi connectivity index (χ0) is 10.4. The maximum Gasteiger partial charge on any atom is 0.0414 e. The molecule has 0 amide bonds. The van der Waals surface area contributed by atoms with Crippen molar-refractivity contribution in [2.75, 3.05) is 12.9 Å². The smallest absolute Gasteiger partial charge is 0.0414 e. The maximum atomic E-state index is 4.33. The zero-order valence-corrected chi connectivity index (χ0v) is 10.6. The third kappa shape index (κ3) is 3.82.